The van der Waals surface area contributed by atoms with Crippen molar-refractivity contribution >= 4 is 35.3 Å². The van der Waals surface area contributed by atoms with Gasteiger partial charge in [0.05, 0.1) is 12.6 Å². The van der Waals surface area contributed by atoms with Crippen molar-refractivity contribution < 1.29 is 23.9 Å². The Morgan fingerprint density at radius 2 is 1.71 bits per heavy atom. The van der Waals surface area contributed by atoms with Gasteiger partial charge in [-0.1, -0.05) is 36.4 Å². The molecule has 41 heavy (non-hydrogen) atoms. The molecule has 10 nitrogen and oxygen atoms in total. The minimum Gasteiger partial charge on any atom is -0.443 e. The predicted molar refractivity (Wildman–Crippen MR) is 155 cm³/mol. The van der Waals surface area contributed by atoms with E-state index in [1.54, 1.807) is 40.0 Å². The summed E-state index contributed by atoms with van der Waals surface area (Å²) < 4.78 is 5.53. The topological polar surface area (TPSA) is 121 Å². The van der Waals surface area contributed by atoms with Crippen LogP contribution in [0.4, 0.5) is 9.59 Å². The lowest BCUT2D eigenvalue weighted by molar-refractivity contribution is 0.0139. The van der Waals surface area contributed by atoms with Crippen LogP contribution in [0.2, 0.25) is 0 Å². The van der Waals surface area contributed by atoms with E-state index in [0.29, 0.717) is 18.5 Å². The Kier molecular flexibility index (Phi) is 9.07. The van der Waals surface area contributed by atoms with Gasteiger partial charge < -0.3 is 9.64 Å². The number of imide groups is 1. The van der Waals surface area contributed by atoms with Crippen LogP contribution in [0.1, 0.15) is 76.5 Å². The SMILES string of the molecule is Cc1csc(CN(C)C(=O)c2cccc(C(=O)NNC(=O)N(C(=O)OC(C)(C)C)[C@@H]3CC[C@@H]3c3ccccc3)c2)n1. The summed E-state index contributed by atoms with van der Waals surface area (Å²) in [6, 6.07) is 14.6. The van der Waals surface area contributed by atoms with E-state index in [4.69, 9.17) is 4.74 Å². The van der Waals surface area contributed by atoms with E-state index in [1.165, 1.54) is 28.4 Å². The fraction of sp³-hybridized carbons (Fsp3) is 0.367. The molecule has 4 rings (SSSR count). The molecule has 2 atom stereocenters. The molecule has 0 unspecified atom stereocenters. The highest BCUT2D eigenvalue weighted by Crippen LogP contribution is 2.41. The molecule has 1 aliphatic rings. The standard InChI is InChI=1S/C30H35N5O5S/c1-19-18-41-25(31-19)17-34(5)27(37)22-13-9-12-21(16-22)26(36)32-33-28(38)35(29(39)40-30(2,3)4)24-15-14-23(24)20-10-7-6-8-11-20/h6-13,16,18,23-24H,14-15,17H2,1-5H3,(H,32,36)(H,33,38)/t23-,24-/m1/s1. The molecule has 1 saturated carbocycles. The smallest absolute Gasteiger partial charge is 0.418 e. The number of nitrogens with zero attached hydrogens (tertiary/aromatic N) is 3. The number of urea groups is 1. The van der Waals surface area contributed by atoms with Crippen LogP contribution in [0, 0.1) is 6.92 Å². The van der Waals surface area contributed by atoms with Gasteiger partial charge in [-0.05, 0) is 64.3 Å². The highest BCUT2D eigenvalue weighted by molar-refractivity contribution is 7.09. The Morgan fingerprint density at radius 1 is 1.00 bits per heavy atom. The summed E-state index contributed by atoms with van der Waals surface area (Å²) in [4.78, 5) is 59.3. The molecule has 5 amide bonds. The first-order chi connectivity index (χ1) is 19.4. The van der Waals surface area contributed by atoms with Crippen LogP contribution in [-0.2, 0) is 11.3 Å². The van der Waals surface area contributed by atoms with Gasteiger partial charge in [-0.3, -0.25) is 15.0 Å². The number of nitrogens with one attached hydrogen (secondary N) is 2. The van der Waals surface area contributed by atoms with Crippen molar-refractivity contribution in [1.82, 2.24) is 25.6 Å². The molecule has 2 aromatic carbocycles. The molecule has 0 aliphatic heterocycles. The number of hydrogen-bond acceptors (Lipinski definition) is 7. The molecule has 2 N–H and O–H groups in total. The van der Waals surface area contributed by atoms with Crippen molar-refractivity contribution in [2.45, 2.75) is 64.6 Å². The number of thiazole rings is 1. The van der Waals surface area contributed by atoms with Gasteiger partial charge in [0.25, 0.3) is 11.8 Å². The lowest BCUT2D eigenvalue weighted by Gasteiger charge is -2.43. The number of aryl methyl sites for hydroxylation is 1. The van der Waals surface area contributed by atoms with Gasteiger partial charge in [-0.2, -0.15) is 0 Å². The molecule has 11 heteroatoms. The molecular formula is C30H35N5O5S. The van der Waals surface area contributed by atoms with Crippen LogP contribution in [0.15, 0.2) is 60.0 Å². The Bertz CT molecular complexity index is 1420. The lowest BCUT2D eigenvalue weighted by atomic mass is 9.74. The molecule has 1 heterocycles. The first-order valence-corrected chi connectivity index (χ1v) is 14.2. The zero-order chi connectivity index (χ0) is 29.7. The van der Waals surface area contributed by atoms with E-state index in [0.717, 1.165) is 27.6 Å². The second-order valence-electron chi connectivity index (χ2n) is 11.0. The maximum Gasteiger partial charge on any atom is 0.418 e. The maximum atomic E-state index is 13.3. The molecular weight excluding hydrogens is 542 g/mol. The number of hydrazine groups is 1. The molecule has 1 fully saturated rings. The second-order valence-corrected chi connectivity index (χ2v) is 12.0. The van der Waals surface area contributed by atoms with E-state index in [9.17, 15) is 19.2 Å². The van der Waals surface area contributed by atoms with Crippen LogP contribution in [0.3, 0.4) is 0 Å². The summed E-state index contributed by atoms with van der Waals surface area (Å²) in [6.07, 6.45) is 0.629. The summed E-state index contributed by atoms with van der Waals surface area (Å²) >= 11 is 1.48. The van der Waals surface area contributed by atoms with Gasteiger partial charge >= 0.3 is 12.1 Å². The number of benzene rings is 2. The molecule has 0 spiro atoms. The minimum atomic E-state index is -0.816. The van der Waals surface area contributed by atoms with Crippen molar-refractivity contribution in [3.63, 3.8) is 0 Å². The zero-order valence-corrected chi connectivity index (χ0v) is 24.7. The van der Waals surface area contributed by atoms with Crippen LogP contribution in [-0.4, -0.2) is 57.4 Å². The average molecular weight is 578 g/mol. The third-order valence-electron chi connectivity index (χ3n) is 6.65. The summed E-state index contributed by atoms with van der Waals surface area (Å²) in [6.45, 7) is 7.41. The summed E-state index contributed by atoms with van der Waals surface area (Å²) in [7, 11) is 1.67. The molecule has 1 aromatic heterocycles. The fourth-order valence-corrected chi connectivity index (χ4v) is 5.39. The minimum absolute atomic E-state index is 0.0434. The first-order valence-electron chi connectivity index (χ1n) is 13.4. The predicted octanol–water partition coefficient (Wildman–Crippen LogP) is 5.26. The highest BCUT2D eigenvalue weighted by Gasteiger charge is 2.43. The molecule has 1 aliphatic carbocycles. The largest absolute Gasteiger partial charge is 0.443 e. The number of aromatic nitrogens is 1. The Hall–Kier alpha value is -4.25. The highest BCUT2D eigenvalue weighted by atomic mass is 32.1. The summed E-state index contributed by atoms with van der Waals surface area (Å²) in [5.41, 5.74) is 6.31. The molecule has 0 saturated heterocycles. The number of carbonyl (C=O) groups excluding carboxylic acids is 4. The zero-order valence-electron chi connectivity index (χ0n) is 23.8. The first kappa shape index (κ1) is 29.7. The number of ether oxygens (including phenoxy) is 1. The van der Waals surface area contributed by atoms with E-state index in [1.807, 2.05) is 42.6 Å². The number of hydrogen-bond donors (Lipinski definition) is 2. The van der Waals surface area contributed by atoms with Crippen molar-refractivity contribution in [2.24, 2.45) is 0 Å². The van der Waals surface area contributed by atoms with Crippen LogP contribution in [0.5, 0.6) is 0 Å². The van der Waals surface area contributed by atoms with Gasteiger partial charge in [-0.25, -0.2) is 24.9 Å². The molecule has 3 aromatic rings. The van der Waals surface area contributed by atoms with E-state index < -0.39 is 29.7 Å². The Morgan fingerprint density at radius 3 is 2.32 bits per heavy atom. The Balaban J connectivity index is 1.43. The molecule has 216 valence electrons. The normalized spacial score (nSPS) is 16.2. The third kappa shape index (κ3) is 7.49. The van der Waals surface area contributed by atoms with Crippen LogP contribution in [0.25, 0.3) is 0 Å². The number of rotatable bonds is 6. The van der Waals surface area contributed by atoms with Gasteiger partial charge in [0.2, 0.25) is 0 Å². The average Bonchev–Trinajstić information content (AvgIpc) is 3.32. The van der Waals surface area contributed by atoms with Gasteiger partial charge in [-0.15, -0.1) is 11.3 Å². The van der Waals surface area contributed by atoms with Gasteiger partial charge in [0.1, 0.15) is 10.6 Å². The van der Waals surface area contributed by atoms with Crippen molar-refractivity contribution in [3.8, 4) is 0 Å². The van der Waals surface area contributed by atoms with Gasteiger partial charge in [0, 0.05) is 35.2 Å². The van der Waals surface area contributed by atoms with Gasteiger partial charge in [0.15, 0.2) is 0 Å². The Labute approximate surface area is 243 Å². The monoisotopic (exact) mass is 577 g/mol. The van der Waals surface area contributed by atoms with E-state index in [-0.39, 0.29) is 17.4 Å². The maximum absolute atomic E-state index is 13.3. The summed E-state index contributed by atoms with van der Waals surface area (Å²) in [5, 5.41) is 2.73. The number of amides is 5. The lowest BCUT2D eigenvalue weighted by Crippen LogP contribution is -2.58. The van der Waals surface area contributed by atoms with E-state index in [2.05, 4.69) is 15.8 Å². The van der Waals surface area contributed by atoms with Crippen LogP contribution < -0.4 is 10.9 Å². The van der Waals surface area contributed by atoms with Crippen molar-refractivity contribution in [2.75, 3.05) is 7.05 Å². The quantitative estimate of drug-likeness (QED) is 0.386. The van der Waals surface area contributed by atoms with Crippen molar-refractivity contribution in [3.05, 3.63) is 87.4 Å². The third-order valence-corrected chi connectivity index (χ3v) is 7.60. The second kappa shape index (κ2) is 12.5. The van der Waals surface area contributed by atoms with Crippen LogP contribution >= 0.6 is 11.3 Å². The molecule has 0 bridgehead atoms. The number of carbonyl (C=O) groups is 4. The summed E-state index contributed by atoms with van der Waals surface area (Å²) in [5.74, 6) is -0.953. The molecule has 0 radical (unpaired) electrons. The van der Waals surface area contributed by atoms with E-state index >= 15 is 0 Å². The van der Waals surface area contributed by atoms with Crippen molar-refractivity contribution in [1.29, 1.82) is 0 Å². The fourth-order valence-electron chi connectivity index (χ4n) is 4.57.